The van der Waals surface area contributed by atoms with E-state index in [-0.39, 0.29) is 0 Å². The van der Waals surface area contributed by atoms with Crippen molar-refractivity contribution >= 4 is 23.2 Å². The molecule has 2 rings (SSSR count). The monoisotopic (exact) mass is 228 g/mol. The summed E-state index contributed by atoms with van der Waals surface area (Å²) in [7, 11) is 0. The molecule has 2 unspecified atom stereocenters. The lowest BCUT2D eigenvalue weighted by molar-refractivity contribution is 0.553. The van der Waals surface area contributed by atoms with Crippen LogP contribution >= 0.6 is 23.2 Å². The van der Waals surface area contributed by atoms with Gasteiger partial charge in [-0.2, -0.15) is 0 Å². The van der Waals surface area contributed by atoms with E-state index in [9.17, 15) is 0 Å². The molecule has 0 saturated heterocycles. The number of halogens is 2. The quantitative estimate of drug-likeness (QED) is 0.663. The number of hydrogen-bond acceptors (Lipinski definition) is 0. The van der Waals surface area contributed by atoms with Crippen molar-refractivity contribution in [3.63, 3.8) is 0 Å². The summed E-state index contributed by atoms with van der Waals surface area (Å²) in [6, 6.07) is 8.10. The molecule has 76 valence electrons. The van der Waals surface area contributed by atoms with E-state index < -0.39 is 0 Å². The van der Waals surface area contributed by atoms with Crippen molar-refractivity contribution in [2.24, 2.45) is 5.92 Å². The van der Waals surface area contributed by atoms with Crippen LogP contribution in [-0.2, 0) is 6.42 Å². The molecule has 1 saturated carbocycles. The Morgan fingerprint density at radius 3 is 2.79 bits per heavy atom. The summed E-state index contributed by atoms with van der Waals surface area (Å²) in [5.41, 5.74) is 1.31. The summed E-state index contributed by atoms with van der Waals surface area (Å²) in [5.74, 6) is 0.648. The highest BCUT2D eigenvalue weighted by molar-refractivity contribution is 6.30. The van der Waals surface area contributed by atoms with E-state index in [1.807, 2.05) is 18.2 Å². The average Bonchev–Trinajstić information content (AvgIpc) is 2.52. The number of benzene rings is 1. The second kappa shape index (κ2) is 4.55. The van der Waals surface area contributed by atoms with Crippen molar-refractivity contribution in [1.82, 2.24) is 0 Å². The largest absolute Gasteiger partial charge is 0.123 e. The van der Waals surface area contributed by atoms with Crippen molar-refractivity contribution in [2.45, 2.75) is 31.1 Å². The second-order valence-electron chi connectivity index (χ2n) is 4.04. The van der Waals surface area contributed by atoms with Crippen molar-refractivity contribution in [1.29, 1.82) is 0 Å². The standard InChI is InChI=1S/C12H14Cl2/c13-11-5-1-3-9(8-11)7-10-4-2-6-12(10)14/h1,3,5,8,10,12H,2,4,6-7H2. The third-order valence-corrected chi connectivity index (χ3v) is 3.76. The lowest BCUT2D eigenvalue weighted by Crippen LogP contribution is -2.09. The average molecular weight is 229 g/mol. The maximum atomic E-state index is 6.23. The van der Waals surface area contributed by atoms with Crippen LogP contribution in [0.4, 0.5) is 0 Å². The number of hydrogen-bond donors (Lipinski definition) is 0. The van der Waals surface area contributed by atoms with Gasteiger partial charge < -0.3 is 0 Å². The Morgan fingerprint density at radius 2 is 2.14 bits per heavy atom. The maximum absolute atomic E-state index is 6.23. The molecule has 14 heavy (non-hydrogen) atoms. The molecule has 0 N–H and O–H groups in total. The molecule has 2 heteroatoms. The lowest BCUT2D eigenvalue weighted by atomic mass is 9.98. The van der Waals surface area contributed by atoms with Crippen LogP contribution in [0.5, 0.6) is 0 Å². The molecule has 0 nitrogen and oxygen atoms in total. The fraction of sp³-hybridized carbons (Fsp3) is 0.500. The summed E-state index contributed by atoms with van der Waals surface area (Å²) in [4.78, 5) is 0. The normalized spacial score (nSPS) is 26.7. The van der Waals surface area contributed by atoms with Crippen LogP contribution in [-0.4, -0.2) is 5.38 Å². The molecule has 1 aliphatic rings. The van der Waals surface area contributed by atoms with Gasteiger partial charge in [-0.3, -0.25) is 0 Å². The molecule has 1 aromatic carbocycles. The Kier molecular flexibility index (Phi) is 3.35. The van der Waals surface area contributed by atoms with Crippen molar-refractivity contribution in [2.75, 3.05) is 0 Å². The van der Waals surface area contributed by atoms with Crippen molar-refractivity contribution in [3.8, 4) is 0 Å². The highest BCUT2D eigenvalue weighted by atomic mass is 35.5. The number of rotatable bonds is 2. The smallest absolute Gasteiger partial charge is 0.0408 e. The van der Waals surface area contributed by atoms with Gasteiger partial charge in [0.25, 0.3) is 0 Å². The molecule has 2 atom stereocenters. The van der Waals surface area contributed by atoms with Gasteiger partial charge in [-0.1, -0.05) is 30.2 Å². The van der Waals surface area contributed by atoms with Crippen LogP contribution in [0.1, 0.15) is 24.8 Å². The van der Waals surface area contributed by atoms with Crippen LogP contribution in [0.3, 0.4) is 0 Å². The molecule has 0 aliphatic heterocycles. The van der Waals surface area contributed by atoms with Gasteiger partial charge in [0.05, 0.1) is 0 Å². The highest BCUT2D eigenvalue weighted by Gasteiger charge is 2.25. The zero-order valence-electron chi connectivity index (χ0n) is 8.05. The predicted octanol–water partition coefficient (Wildman–Crippen LogP) is 4.29. The first-order valence-corrected chi connectivity index (χ1v) is 5.95. The molecule has 1 fully saturated rings. The van der Waals surface area contributed by atoms with E-state index in [4.69, 9.17) is 23.2 Å². The predicted molar refractivity (Wildman–Crippen MR) is 62.1 cm³/mol. The highest BCUT2D eigenvalue weighted by Crippen LogP contribution is 2.32. The molecular formula is C12H14Cl2. The maximum Gasteiger partial charge on any atom is 0.0408 e. The van der Waals surface area contributed by atoms with E-state index in [1.165, 1.54) is 24.8 Å². The minimum absolute atomic E-state index is 0.369. The summed E-state index contributed by atoms with van der Waals surface area (Å²) in [6.45, 7) is 0. The SMILES string of the molecule is Clc1cccc(CC2CCCC2Cl)c1. The Labute approximate surface area is 95.2 Å². The van der Waals surface area contributed by atoms with Gasteiger partial charge in [0.15, 0.2) is 0 Å². The van der Waals surface area contributed by atoms with Gasteiger partial charge in [-0.15, -0.1) is 11.6 Å². The van der Waals surface area contributed by atoms with E-state index >= 15 is 0 Å². The molecule has 0 bridgehead atoms. The van der Waals surface area contributed by atoms with Gasteiger partial charge in [-0.05, 0) is 42.9 Å². The molecule has 0 spiro atoms. The van der Waals surface area contributed by atoms with Crippen LogP contribution < -0.4 is 0 Å². The molecular weight excluding hydrogens is 215 g/mol. The third-order valence-electron chi connectivity index (χ3n) is 2.95. The minimum atomic E-state index is 0.369. The van der Waals surface area contributed by atoms with Crippen LogP contribution in [0.15, 0.2) is 24.3 Å². The second-order valence-corrected chi connectivity index (χ2v) is 5.04. The van der Waals surface area contributed by atoms with Gasteiger partial charge in [0, 0.05) is 10.4 Å². The van der Waals surface area contributed by atoms with Crippen LogP contribution in [0.25, 0.3) is 0 Å². The van der Waals surface area contributed by atoms with Crippen molar-refractivity contribution < 1.29 is 0 Å². The summed E-state index contributed by atoms with van der Waals surface area (Å²) >= 11 is 12.2. The van der Waals surface area contributed by atoms with Gasteiger partial charge in [0.1, 0.15) is 0 Å². The minimum Gasteiger partial charge on any atom is -0.123 e. The Morgan fingerprint density at radius 1 is 1.29 bits per heavy atom. The first-order chi connectivity index (χ1) is 6.75. The Bertz CT molecular complexity index is 309. The van der Waals surface area contributed by atoms with Crippen LogP contribution in [0, 0.1) is 5.92 Å². The molecule has 0 heterocycles. The summed E-state index contributed by atoms with van der Waals surface area (Å²) in [5, 5.41) is 1.20. The third kappa shape index (κ3) is 2.43. The lowest BCUT2D eigenvalue weighted by Gasteiger charge is -2.13. The Hall–Kier alpha value is -0.200. The van der Waals surface area contributed by atoms with E-state index in [2.05, 4.69) is 6.07 Å². The molecule has 1 aromatic rings. The topological polar surface area (TPSA) is 0 Å². The first kappa shape index (κ1) is 10.3. The van der Waals surface area contributed by atoms with E-state index in [0.717, 1.165) is 11.4 Å². The number of alkyl halides is 1. The first-order valence-electron chi connectivity index (χ1n) is 5.14. The summed E-state index contributed by atoms with van der Waals surface area (Å²) in [6.07, 6.45) is 4.79. The fourth-order valence-electron chi connectivity index (χ4n) is 2.19. The zero-order valence-corrected chi connectivity index (χ0v) is 9.56. The molecule has 1 aliphatic carbocycles. The molecule has 0 radical (unpaired) electrons. The Balaban J connectivity index is 2.03. The zero-order chi connectivity index (χ0) is 9.97. The molecule has 0 aromatic heterocycles. The summed E-state index contributed by atoms with van der Waals surface area (Å²) < 4.78 is 0. The van der Waals surface area contributed by atoms with Gasteiger partial charge >= 0.3 is 0 Å². The van der Waals surface area contributed by atoms with Crippen molar-refractivity contribution in [3.05, 3.63) is 34.9 Å². The van der Waals surface area contributed by atoms with Gasteiger partial charge in [-0.25, -0.2) is 0 Å². The van der Waals surface area contributed by atoms with E-state index in [0.29, 0.717) is 11.3 Å². The van der Waals surface area contributed by atoms with Gasteiger partial charge in [0.2, 0.25) is 0 Å². The molecule has 0 amide bonds. The van der Waals surface area contributed by atoms with Crippen LogP contribution in [0.2, 0.25) is 5.02 Å². The van der Waals surface area contributed by atoms with E-state index in [1.54, 1.807) is 0 Å². The fourth-order valence-corrected chi connectivity index (χ4v) is 2.77.